The molecule has 0 spiro atoms. The number of carbonyl (C=O) groups excluding carboxylic acids is 2. The van der Waals surface area contributed by atoms with Gasteiger partial charge in [0.15, 0.2) is 5.78 Å². The van der Waals surface area contributed by atoms with Crippen LogP contribution in [0.15, 0.2) is 48.5 Å². The summed E-state index contributed by atoms with van der Waals surface area (Å²) in [6.07, 6.45) is 0.754. The Morgan fingerprint density at radius 1 is 0.857 bits per heavy atom. The summed E-state index contributed by atoms with van der Waals surface area (Å²) in [6, 6.07) is 14.3. The molecule has 0 bridgehead atoms. The Bertz CT molecular complexity index is 874. The van der Waals surface area contributed by atoms with Gasteiger partial charge in [0.2, 0.25) is 0 Å². The van der Waals surface area contributed by atoms with E-state index in [2.05, 4.69) is 53.0 Å². The molecule has 0 amide bonds. The minimum absolute atomic E-state index is 0.0847. The lowest BCUT2D eigenvalue weighted by molar-refractivity contribution is 0.103. The number of aldehydes is 1. The maximum Gasteiger partial charge on any atom is 0.193 e. The highest BCUT2D eigenvalue weighted by atomic mass is 28.3. The summed E-state index contributed by atoms with van der Waals surface area (Å²) in [4.78, 5) is 23.6. The van der Waals surface area contributed by atoms with Gasteiger partial charge in [0.1, 0.15) is 14.4 Å². The molecular formula is C25H30O2Si. The lowest BCUT2D eigenvalue weighted by Crippen LogP contribution is -2.43. The molecule has 0 radical (unpaired) electrons. The van der Waals surface area contributed by atoms with E-state index in [9.17, 15) is 9.59 Å². The highest BCUT2D eigenvalue weighted by molar-refractivity contribution is 6.90. The van der Waals surface area contributed by atoms with Crippen LogP contribution >= 0.6 is 0 Å². The molecule has 0 fully saturated rings. The van der Waals surface area contributed by atoms with Crippen molar-refractivity contribution in [3.63, 3.8) is 0 Å². The van der Waals surface area contributed by atoms with E-state index >= 15 is 0 Å². The number of rotatable bonds is 6. The predicted octanol–water partition coefficient (Wildman–Crippen LogP) is 6.30. The van der Waals surface area contributed by atoms with Gasteiger partial charge in [-0.2, -0.15) is 0 Å². The molecule has 2 aromatic carbocycles. The molecule has 0 aliphatic heterocycles. The Kier molecular flexibility index (Phi) is 7.15. The summed E-state index contributed by atoms with van der Waals surface area (Å²) < 4.78 is 0. The Hall–Kier alpha value is -2.44. The zero-order chi connectivity index (χ0) is 20.9. The van der Waals surface area contributed by atoms with Gasteiger partial charge in [0.05, 0.1) is 0 Å². The van der Waals surface area contributed by atoms with E-state index in [1.165, 1.54) is 0 Å². The number of ketones is 1. The maximum absolute atomic E-state index is 12.7. The summed E-state index contributed by atoms with van der Waals surface area (Å²) in [5, 5.41) is 0. The SMILES string of the molecule is CC(C)[Si](C#Cc1ccc(C(=O)c2cccc(C=O)c2)cc1)(C(C)C)C(C)C. The predicted molar refractivity (Wildman–Crippen MR) is 120 cm³/mol. The van der Waals surface area contributed by atoms with Gasteiger partial charge in [0.25, 0.3) is 0 Å². The largest absolute Gasteiger partial charge is 0.298 e. The molecule has 28 heavy (non-hydrogen) atoms. The fourth-order valence-corrected chi connectivity index (χ4v) is 9.47. The van der Waals surface area contributed by atoms with Gasteiger partial charge in [-0.05, 0) is 47.0 Å². The number of benzene rings is 2. The second-order valence-electron chi connectivity index (χ2n) is 8.30. The number of hydrogen-bond acceptors (Lipinski definition) is 2. The maximum atomic E-state index is 12.7. The van der Waals surface area contributed by atoms with E-state index in [-0.39, 0.29) is 5.78 Å². The van der Waals surface area contributed by atoms with Crippen molar-refractivity contribution in [1.82, 2.24) is 0 Å². The van der Waals surface area contributed by atoms with E-state index in [1.807, 2.05) is 24.3 Å². The van der Waals surface area contributed by atoms with Gasteiger partial charge < -0.3 is 0 Å². The standard InChI is InChI=1S/C25H30O2Si/c1-18(2)28(19(3)4,20(5)6)15-14-21-10-12-23(13-11-21)25(27)24-9-7-8-22(16-24)17-26/h7-13,16-20H,1-6H3. The highest BCUT2D eigenvalue weighted by Crippen LogP contribution is 2.40. The van der Waals surface area contributed by atoms with Crippen molar-refractivity contribution in [3.8, 4) is 11.5 Å². The zero-order valence-electron chi connectivity index (χ0n) is 17.7. The lowest BCUT2D eigenvalue weighted by Gasteiger charge is -2.38. The van der Waals surface area contributed by atoms with Crippen LogP contribution in [-0.2, 0) is 0 Å². The van der Waals surface area contributed by atoms with Crippen molar-refractivity contribution < 1.29 is 9.59 Å². The second kappa shape index (κ2) is 9.17. The zero-order valence-corrected chi connectivity index (χ0v) is 18.7. The van der Waals surface area contributed by atoms with Crippen molar-refractivity contribution in [1.29, 1.82) is 0 Å². The fraction of sp³-hybridized carbons (Fsp3) is 0.360. The van der Waals surface area contributed by atoms with Crippen LogP contribution in [0.4, 0.5) is 0 Å². The summed E-state index contributed by atoms with van der Waals surface area (Å²) in [5.41, 5.74) is 8.05. The van der Waals surface area contributed by atoms with Crippen LogP contribution in [0.2, 0.25) is 16.6 Å². The molecular weight excluding hydrogens is 360 g/mol. The molecule has 0 N–H and O–H groups in total. The number of carbonyl (C=O) groups is 2. The first kappa shape index (κ1) is 21.9. The molecule has 0 saturated heterocycles. The Morgan fingerprint density at radius 2 is 1.43 bits per heavy atom. The Morgan fingerprint density at radius 3 is 1.93 bits per heavy atom. The van der Waals surface area contributed by atoms with E-state index in [0.717, 1.165) is 11.8 Å². The normalized spacial score (nSPS) is 11.5. The van der Waals surface area contributed by atoms with Crippen LogP contribution in [0, 0.1) is 11.5 Å². The minimum atomic E-state index is -1.77. The molecule has 146 valence electrons. The third kappa shape index (κ3) is 4.51. The first-order valence-corrected chi connectivity index (χ1v) is 12.2. The van der Waals surface area contributed by atoms with Crippen molar-refractivity contribution in [3.05, 3.63) is 70.8 Å². The summed E-state index contributed by atoms with van der Waals surface area (Å²) in [5.74, 6) is 3.32. The van der Waals surface area contributed by atoms with Gasteiger partial charge >= 0.3 is 0 Å². The van der Waals surface area contributed by atoms with Gasteiger partial charge in [-0.1, -0.05) is 65.7 Å². The van der Waals surface area contributed by atoms with Gasteiger partial charge in [-0.3, -0.25) is 9.59 Å². The topological polar surface area (TPSA) is 34.1 Å². The second-order valence-corrected chi connectivity index (χ2v) is 13.9. The molecule has 0 atom stereocenters. The van der Waals surface area contributed by atoms with Crippen molar-refractivity contribution >= 4 is 20.1 Å². The first-order chi connectivity index (χ1) is 13.2. The molecule has 2 aromatic rings. The van der Waals surface area contributed by atoms with Crippen LogP contribution in [0.3, 0.4) is 0 Å². The minimum Gasteiger partial charge on any atom is -0.298 e. The Labute approximate surface area is 170 Å². The van der Waals surface area contributed by atoms with Crippen molar-refractivity contribution in [2.45, 2.75) is 58.2 Å². The molecule has 0 aliphatic rings. The van der Waals surface area contributed by atoms with Gasteiger partial charge in [0, 0.05) is 22.3 Å². The Balaban J connectivity index is 2.31. The van der Waals surface area contributed by atoms with E-state index in [4.69, 9.17) is 0 Å². The van der Waals surface area contributed by atoms with E-state index in [1.54, 1.807) is 24.3 Å². The quantitative estimate of drug-likeness (QED) is 0.251. The summed E-state index contributed by atoms with van der Waals surface area (Å²) in [6.45, 7) is 13.8. The third-order valence-electron chi connectivity index (χ3n) is 5.72. The first-order valence-electron chi connectivity index (χ1n) is 9.95. The lowest BCUT2D eigenvalue weighted by atomic mass is 10.0. The third-order valence-corrected chi connectivity index (χ3v) is 12.0. The van der Waals surface area contributed by atoms with Crippen molar-refractivity contribution in [2.75, 3.05) is 0 Å². The summed E-state index contributed by atoms with van der Waals surface area (Å²) >= 11 is 0. The van der Waals surface area contributed by atoms with Crippen molar-refractivity contribution in [2.24, 2.45) is 0 Å². The van der Waals surface area contributed by atoms with Crippen LogP contribution < -0.4 is 0 Å². The molecule has 3 heteroatoms. The average molecular weight is 391 g/mol. The van der Waals surface area contributed by atoms with Crippen LogP contribution in [0.1, 0.15) is 73.4 Å². The molecule has 2 nitrogen and oxygen atoms in total. The molecule has 0 heterocycles. The highest BCUT2D eigenvalue weighted by Gasteiger charge is 2.41. The van der Waals surface area contributed by atoms with Gasteiger partial charge in [-0.15, -0.1) is 5.54 Å². The van der Waals surface area contributed by atoms with Crippen LogP contribution in [0.25, 0.3) is 0 Å². The molecule has 0 unspecified atom stereocenters. The fourth-order valence-electron chi connectivity index (χ4n) is 4.24. The van der Waals surface area contributed by atoms with E-state index < -0.39 is 8.07 Å². The van der Waals surface area contributed by atoms with Gasteiger partial charge in [-0.25, -0.2) is 0 Å². The smallest absolute Gasteiger partial charge is 0.193 e. The van der Waals surface area contributed by atoms with Crippen LogP contribution in [-0.4, -0.2) is 20.1 Å². The summed E-state index contributed by atoms with van der Waals surface area (Å²) in [7, 11) is -1.77. The monoisotopic (exact) mass is 390 g/mol. The molecule has 0 aromatic heterocycles. The van der Waals surface area contributed by atoms with Crippen LogP contribution in [0.5, 0.6) is 0 Å². The molecule has 0 aliphatic carbocycles. The average Bonchev–Trinajstić information content (AvgIpc) is 2.67. The van der Waals surface area contributed by atoms with E-state index in [0.29, 0.717) is 33.3 Å². The molecule has 2 rings (SSSR count). The number of hydrogen-bond donors (Lipinski definition) is 0. The molecule has 0 saturated carbocycles.